The molecule has 0 spiro atoms. The van der Waals surface area contributed by atoms with E-state index >= 15 is 0 Å². The van der Waals surface area contributed by atoms with E-state index in [1.165, 1.54) is 6.42 Å². The molecule has 1 aliphatic rings. The third-order valence-corrected chi connectivity index (χ3v) is 3.24. The molecule has 1 rings (SSSR count). The summed E-state index contributed by atoms with van der Waals surface area (Å²) in [6, 6.07) is 0. The second-order valence-corrected chi connectivity index (χ2v) is 5.51. The molecule has 0 amide bonds. The van der Waals surface area contributed by atoms with E-state index in [0.717, 1.165) is 26.2 Å². The van der Waals surface area contributed by atoms with Crippen LogP contribution in [0.3, 0.4) is 0 Å². The Morgan fingerprint density at radius 3 is 1.79 bits per heavy atom. The first-order valence-electron chi connectivity index (χ1n) is 5.62. The van der Waals surface area contributed by atoms with Gasteiger partial charge >= 0.3 is 0 Å². The van der Waals surface area contributed by atoms with E-state index in [1.54, 1.807) is 0 Å². The zero-order chi connectivity index (χ0) is 10.8. The molecule has 0 saturated carbocycles. The number of likely N-dealkylation sites (tertiary alicyclic amines) is 1. The lowest BCUT2D eigenvalue weighted by Crippen LogP contribution is -2.52. The van der Waals surface area contributed by atoms with Crippen LogP contribution in [0.5, 0.6) is 0 Å². The summed E-state index contributed by atoms with van der Waals surface area (Å²) < 4.78 is 0. The largest absolute Gasteiger partial charge is 0.330 e. The summed E-state index contributed by atoms with van der Waals surface area (Å²) in [4.78, 5) is 2.52. The van der Waals surface area contributed by atoms with Crippen molar-refractivity contribution in [3.63, 3.8) is 0 Å². The minimum Gasteiger partial charge on any atom is -0.330 e. The van der Waals surface area contributed by atoms with Crippen molar-refractivity contribution in [2.75, 3.05) is 26.2 Å². The van der Waals surface area contributed by atoms with Crippen LogP contribution in [0.2, 0.25) is 0 Å². The molecule has 4 N–H and O–H groups in total. The van der Waals surface area contributed by atoms with E-state index < -0.39 is 0 Å². The molecule has 0 radical (unpaired) electrons. The molecule has 2 unspecified atom stereocenters. The lowest BCUT2D eigenvalue weighted by atomic mass is 9.86. The summed E-state index contributed by atoms with van der Waals surface area (Å²) in [5.41, 5.74) is 11.8. The van der Waals surface area contributed by atoms with Crippen LogP contribution in [0.15, 0.2) is 0 Å². The maximum absolute atomic E-state index is 5.76. The fraction of sp³-hybridized carbons (Fsp3) is 1.00. The Morgan fingerprint density at radius 2 is 1.50 bits per heavy atom. The molecule has 3 nitrogen and oxygen atoms in total. The molecule has 0 aromatic rings. The van der Waals surface area contributed by atoms with Crippen LogP contribution < -0.4 is 11.5 Å². The maximum Gasteiger partial charge on any atom is 0.0125 e. The van der Waals surface area contributed by atoms with Gasteiger partial charge < -0.3 is 11.5 Å². The lowest BCUT2D eigenvalue weighted by molar-refractivity contribution is 0.0513. The number of rotatable bonds is 2. The second kappa shape index (κ2) is 4.60. The van der Waals surface area contributed by atoms with Crippen LogP contribution >= 0.6 is 0 Å². The van der Waals surface area contributed by atoms with E-state index in [0.29, 0.717) is 11.8 Å². The SMILES string of the molecule is CC(C)(C)N1CC(CN)CC(CN)C1. The standard InChI is InChI=1S/C11H25N3/c1-11(2,3)14-7-9(5-12)4-10(6-13)8-14/h9-10H,4-8,12-13H2,1-3H3. The summed E-state index contributed by atoms with van der Waals surface area (Å²) in [5.74, 6) is 1.27. The first-order valence-corrected chi connectivity index (χ1v) is 5.62. The van der Waals surface area contributed by atoms with Crippen LogP contribution in [0.25, 0.3) is 0 Å². The van der Waals surface area contributed by atoms with Crippen molar-refractivity contribution in [3.8, 4) is 0 Å². The van der Waals surface area contributed by atoms with Gasteiger partial charge in [0.15, 0.2) is 0 Å². The van der Waals surface area contributed by atoms with Crippen molar-refractivity contribution in [2.45, 2.75) is 32.7 Å². The third-order valence-electron chi connectivity index (χ3n) is 3.24. The molecule has 1 aliphatic heterocycles. The molecule has 0 aliphatic carbocycles. The quantitative estimate of drug-likeness (QED) is 0.686. The molecule has 3 heteroatoms. The minimum absolute atomic E-state index is 0.251. The molecule has 14 heavy (non-hydrogen) atoms. The van der Waals surface area contributed by atoms with Crippen molar-refractivity contribution in [3.05, 3.63) is 0 Å². The highest BCUT2D eigenvalue weighted by atomic mass is 15.2. The van der Waals surface area contributed by atoms with Crippen LogP contribution in [-0.4, -0.2) is 36.6 Å². The van der Waals surface area contributed by atoms with Gasteiger partial charge in [0.2, 0.25) is 0 Å². The highest BCUT2D eigenvalue weighted by molar-refractivity contribution is 4.86. The highest BCUT2D eigenvalue weighted by Gasteiger charge is 2.31. The smallest absolute Gasteiger partial charge is 0.0125 e. The van der Waals surface area contributed by atoms with Crippen molar-refractivity contribution in [2.24, 2.45) is 23.3 Å². The van der Waals surface area contributed by atoms with Gasteiger partial charge in [-0.1, -0.05) is 0 Å². The Hall–Kier alpha value is -0.120. The topological polar surface area (TPSA) is 55.3 Å². The third kappa shape index (κ3) is 2.94. The molecule has 0 aromatic heterocycles. The monoisotopic (exact) mass is 199 g/mol. The van der Waals surface area contributed by atoms with Gasteiger partial charge in [0.05, 0.1) is 0 Å². The predicted octanol–water partition coefficient (Wildman–Crippen LogP) is 0.640. The first-order chi connectivity index (χ1) is 6.47. The molecule has 1 heterocycles. The van der Waals surface area contributed by atoms with Crippen molar-refractivity contribution < 1.29 is 0 Å². The van der Waals surface area contributed by atoms with Gasteiger partial charge in [-0.25, -0.2) is 0 Å². The van der Waals surface area contributed by atoms with E-state index in [2.05, 4.69) is 25.7 Å². The molecule has 0 aromatic carbocycles. The second-order valence-electron chi connectivity index (χ2n) is 5.51. The average molecular weight is 199 g/mol. The summed E-state index contributed by atoms with van der Waals surface area (Å²) in [6.07, 6.45) is 1.21. The fourth-order valence-corrected chi connectivity index (χ4v) is 2.21. The molecule has 0 bridgehead atoms. The zero-order valence-electron chi connectivity index (χ0n) is 9.79. The number of hydrogen-bond acceptors (Lipinski definition) is 3. The van der Waals surface area contributed by atoms with E-state index in [-0.39, 0.29) is 5.54 Å². The van der Waals surface area contributed by atoms with Crippen molar-refractivity contribution in [1.82, 2.24) is 4.90 Å². The maximum atomic E-state index is 5.76. The molecular formula is C11H25N3. The highest BCUT2D eigenvalue weighted by Crippen LogP contribution is 2.26. The normalized spacial score (nSPS) is 30.6. The summed E-state index contributed by atoms with van der Waals surface area (Å²) in [7, 11) is 0. The van der Waals surface area contributed by atoms with Gasteiger partial charge in [0, 0.05) is 18.6 Å². The number of nitrogens with zero attached hydrogens (tertiary/aromatic N) is 1. The van der Waals surface area contributed by atoms with Crippen LogP contribution in [0.1, 0.15) is 27.2 Å². The molecular weight excluding hydrogens is 174 g/mol. The Bertz CT molecular complexity index is 162. The van der Waals surface area contributed by atoms with Gasteiger partial charge in [-0.2, -0.15) is 0 Å². The summed E-state index contributed by atoms with van der Waals surface area (Å²) in [5, 5.41) is 0. The van der Waals surface area contributed by atoms with Crippen LogP contribution in [-0.2, 0) is 0 Å². The van der Waals surface area contributed by atoms with Crippen molar-refractivity contribution in [1.29, 1.82) is 0 Å². The molecule has 1 saturated heterocycles. The van der Waals surface area contributed by atoms with E-state index in [1.807, 2.05) is 0 Å². The van der Waals surface area contributed by atoms with Crippen LogP contribution in [0, 0.1) is 11.8 Å². The first kappa shape index (κ1) is 12.0. The van der Waals surface area contributed by atoms with Gasteiger partial charge in [-0.15, -0.1) is 0 Å². The molecule has 84 valence electrons. The Morgan fingerprint density at radius 1 is 1.07 bits per heavy atom. The fourth-order valence-electron chi connectivity index (χ4n) is 2.21. The van der Waals surface area contributed by atoms with Gasteiger partial charge in [-0.3, -0.25) is 4.90 Å². The number of hydrogen-bond donors (Lipinski definition) is 2. The minimum atomic E-state index is 0.251. The summed E-state index contributed by atoms with van der Waals surface area (Å²) in [6.45, 7) is 10.7. The van der Waals surface area contributed by atoms with Crippen molar-refractivity contribution >= 4 is 0 Å². The number of piperidine rings is 1. The lowest BCUT2D eigenvalue weighted by Gasteiger charge is -2.44. The Kier molecular flexibility index (Phi) is 3.93. The number of nitrogens with two attached hydrogens (primary N) is 2. The van der Waals surface area contributed by atoms with E-state index in [9.17, 15) is 0 Å². The van der Waals surface area contributed by atoms with E-state index in [4.69, 9.17) is 11.5 Å². The van der Waals surface area contributed by atoms with Gasteiger partial charge in [-0.05, 0) is 52.1 Å². The van der Waals surface area contributed by atoms with Crippen LogP contribution in [0.4, 0.5) is 0 Å². The predicted molar refractivity (Wildman–Crippen MR) is 61.0 cm³/mol. The molecule has 1 fully saturated rings. The van der Waals surface area contributed by atoms with Gasteiger partial charge in [0.1, 0.15) is 0 Å². The Labute approximate surface area is 87.8 Å². The summed E-state index contributed by atoms with van der Waals surface area (Å²) >= 11 is 0. The van der Waals surface area contributed by atoms with Gasteiger partial charge in [0.25, 0.3) is 0 Å². The molecule has 2 atom stereocenters. The Balaban J connectivity index is 2.60. The zero-order valence-corrected chi connectivity index (χ0v) is 9.79. The average Bonchev–Trinajstić information content (AvgIpc) is 2.15.